The van der Waals surface area contributed by atoms with Crippen LogP contribution in [0.4, 0.5) is 0 Å². The van der Waals surface area contributed by atoms with Crippen LogP contribution in [0.25, 0.3) is 0 Å². The molecular formula is C22H36O6. The Labute approximate surface area is 169 Å². The number of hydrogen-bond donors (Lipinski definition) is 0. The maximum Gasteiger partial charge on any atom is 0.161 e. The average molecular weight is 397 g/mol. The van der Waals surface area contributed by atoms with Gasteiger partial charge in [0.25, 0.3) is 0 Å². The van der Waals surface area contributed by atoms with Gasteiger partial charge in [-0.2, -0.15) is 0 Å². The fourth-order valence-corrected chi connectivity index (χ4v) is 2.87. The summed E-state index contributed by atoms with van der Waals surface area (Å²) in [6, 6.07) is 7.66. The van der Waals surface area contributed by atoms with Crippen LogP contribution < -0.4 is 9.47 Å². The molecule has 28 heavy (non-hydrogen) atoms. The molecular weight excluding hydrogens is 360 g/mol. The van der Waals surface area contributed by atoms with Crippen LogP contribution in [0.15, 0.2) is 24.3 Å². The molecule has 0 atom stereocenters. The first-order valence-electron chi connectivity index (χ1n) is 10.6. The van der Waals surface area contributed by atoms with Crippen LogP contribution in [0, 0.1) is 0 Å². The Morgan fingerprint density at radius 2 is 0.750 bits per heavy atom. The van der Waals surface area contributed by atoms with Crippen molar-refractivity contribution in [3.05, 3.63) is 24.3 Å². The van der Waals surface area contributed by atoms with Crippen molar-refractivity contribution >= 4 is 0 Å². The van der Waals surface area contributed by atoms with Gasteiger partial charge in [0, 0.05) is 13.2 Å². The van der Waals surface area contributed by atoms with E-state index in [4.69, 9.17) is 28.4 Å². The van der Waals surface area contributed by atoms with E-state index in [0.29, 0.717) is 52.9 Å². The van der Waals surface area contributed by atoms with Crippen LogP contribution in [0.1, 0.15) is 38.5 Å². The lowest BCUT2D eigenvalue weighted by Gasteiger charge is -2.13. The van der Waals surface area contributed by atoms with Crippen molar-refractivity contribution < 1.29 is 28.4 Å². The van der Waals surface area contributed by atoms with Gasteiger partial charge >= 0.3 is 0 Å². The van der Waals surface area contributed by atoms with Crippen LogP contribution in [0.3, 0.4) is 0 Å². The van der Waals surface area contributed by atoms with Gasteiger partial charge in [-0.05, 0) is 25.0 Å². The summed E-state index contributed by atoms with van der Waals surface area (Å²) >= 11 is 0. The fraction of sp³-hybridized carbons (Fsp3) is 0.727. The van der Waals surface area contributed by atoms with E-state index in [0.717, 1.165) is 37.6 Å². The first kappa shape index (κ1) is 22.9. The minimum absolute atomic E-state index is 0.480. The summed E-state index contributed by atoms with van der Waals surface area (Å²) in [4.78, 5) is 0. The fourth-order valence-electron chi connectivity index (χ4n) is 2.87. The standard InChI is InChI=1S/C22H36O6/c1-2-4-8-12-24-14-16-26-18-20-28-22-10-6-5-9-21(22)27-19-17-25-15-13-23-11-7-3-1/h5-6,9-10H,1-4,7-8,11-20H2. The topological polar surface area (TPSA) is 55.4 Å². The Morgan fingerprint density at radius 3 is 1.21 bits per heavy atom. The largest absolute Gasteiger partial charge is 0.487 e. The molecule has 0 aliphatic carbocycles. The number of ether oxygens (including phenoxy) is 6. The van der Waals surface area contributed by atoms with Crippen molar-refractivity contribution in [2.24, 2.45) is 0 Å². The number of para-hydroxylation sites is 2. The van der Waals surface area contributed by atoms with E-state index in [-0.39, 0.29) is 0 Å². The van der Waals surface area contributed by atoms with Crippen molar-refractivity contribution in [1.82, 2.24) is 0 Å². The molecule has 0 fully saturated rings. The Balaban J connectivity index is 1.68. The quantitative estimate of drug-likeness (QED) is 0.664. The second-order valence-corrected chi connectivity index (χ2v) is 6.71. The summed E-state index contributed by atoms with van der Waals surface area (Å²) in [6.45, 7) is 6.11. The molecule has 0 aromatic heterocycles. The lowest BCUT2D eigenvalue weighted by atomic mass is 10.1. The lowest BCUT2D eigenvalue weighted by molar-refractivity contribution is 0.0314. The molecule has 6 nitrogen and oxygen atoms in total. The van der Waals surface area contributed by atoms with Gasteiger partial charge < -0.3 is 28.4 Å². The van der Waals surface area contributed by atoms with Crippen LogP contribution in [-0.4, -0.2) is 66.1 Å². The minimum Gasteiger partial charge on any atom is -0.487 e. The molecule has 1 aliphatic heterocycles. The molecule has 1 aromatic rings. The van der Waals surface area contributed by atoms with Crippen LogP contribution in [0.5, 0.6) is 11.5 Å². The molecule has 1 aliphatic rings. The van der Waals surface area contributed by atoms with E-state index in [1.54, 1.807) is 0 Å². The summed E-state index contributed by atoms with van der Waals surface area (Å²) in [5.74, 6) is 1.44. The summed E-state index contributed by atoms with van der Waals surface area (Å²) in [5, 5.41) is 0. The number of hydrogen-bond acceptors (Lipinski definition) is 6. The van der Waals surface area contributed by atoms with E-state index in [1.165, 1.54) is 25.7 Å². The molecule has 0 amide bonds. The molecule has 1 heterocycles. The molecule has 0 saturated heterocycles. The molecule has 0 bridgehead atoms. The molecule has 0 N–H and O–H groups in total. The average Bonchev–Trinajstić information content (AvgIpc) is 2.72. The first-order chi connectivity index (χ1) is 14.0. The van der Waals surface area contributed by atoms with E-state index >= 15 is 0 Å². The molecule has 0 saturated carbocycles. The monoisotopic (exact) mass is 396 g/mol. The van der Waals surface area contributed by atoms with Crippen molar-refractivity contribution in [2.75, 3.05) is 66.1 Å². The third-order valence-electron chi connectivity index (χ3n) is 4.39. The van der Waals surface area contributed by atoms with Gasteiger partial charge in [-0.25, -0.2) is 0 Å². The summed E-state index contributed by atoms with van der Waals surface area (Å²) in [6.07, 6.45) is 7.22. The van der Waals surface area contributed by atoms with Gasteiger partial charge in [-0.3, -0.25) is 0 Å². The van der Waals surface area contributed by atoms with Gasteiger partial charge in [0.15, 0.2) is 11.5 Å². The first-order valence-corrected chi connectivity index (χ1v) is 10.6. The van der Waals surface area contributed by atoms with Crippen molar-refractivity contribution in [3.63, 3.8) is 0 Å². The minimum atomic E-state index is 0.480. The highest BCUT2D eigenvalue weighted by Gasteiger charge is 2.04. The lowest BCUT2D eigenvalue weighted by Crippen LogP contribution is -2.13. The van der Waals surface area contributed by atoms with E-state index in [1.807, 2.05) is 24.3 Å². The van der Waals surface area contributed by atoms with Gasteiger partial charge in [-0.1, -0.05) is 37.8 Å². The van der Waals surface area contributed by atoms with E-state index in [9.17, 15) is 0 Å². The zero-order chi connectivity index (χ0) is 19.5. The third kappa shape index (κ3) is 11.5. The van der Waals surface area contributed by atoms with Gasteiger partial charge in [0.2, 0.25) is 0 Å². The molecule has 6 heteroatoms. The second kappa shape index (κ2) is 16.6. The smallest absolute Gasteiger partial charge is 0.161 e. The van der Waals surface area contributed by atoms with Crippen LogP contribution in [-0.2, 0) is 18.9 Å². The number of fused-ring (bicyclic) bond motifs is 1. The molecule has 0 spiro atoms. The van der Waals surface area contributed by atoms with Crippen LogP contribution >= 0.6 is 0 Å². The summed E-state index contributed by atoms with van der Waals surface area (Å²) < 4.78 is 33.9. The number of rotatable bonds is 0. The SMILES string of the molecule is c1ccc2c(c1)OCCOCCOCCCCCCCCOCCOCCO2. The van der Waals surface area contributed by atoms with E-state index in [2.05, 4.69) is 0 Å². The Kier molecular flexibility index (Phi) is 13.6. The van der Waals surface area contributed by atoms with Crippen molar-refractivity contribution in [2.45, 2.75) is 38.5 Å². The van der Waals surface area contributed by atoms with Gasteiger partial charge in [-0.15, -0.1) is 0 Å². The Bertz CT molecular complexity index is 439. The normalized spacial score (nSPS) is 20.7. The molecule has 2 rings (SSSR count). The van der Waals surface area contributed by atoms with Crippen LogP contribution in [0.2, 0.25) is 0 Å². The van der Waals surface area contributed by atoms with Gasteiger partial charge in [0.05, 0.1) is 39.6 Å². The molecule has 160 valence electrons. The van der Waals surface area contributed by atoms with E-state index < -0.39 is 0 Å². The predicted molar refractivity (Wildman–Crippen MR) is 108 cm³/mol. The molecule has 0 radical (unpaired) electrons. The Morgan fingerprint density at radius 1 is 0.393 bits per heavy atom. The maximum absolute atomic E-state index is 5.77. The third-order valence-corrected chi connectivity index (χ3v) is 4.39. The highest BCUT2D eigenvalue weighted by atomic mass is 16.6. The van der Waals surface area contributed by atoms with Crippen molar-refractivity contribution in [1.29, 1.82) is 0 Å². The highest BCUT2D eigenvalue weighted by molar-refractivity contribution is 5.39. The predicted octanol–water partition coefficient (Wildman–Crippen LogP) is 3.86. The Hall–Kier alpha value is -1.34. The zero-order valence-electron chi connectivity index (χ0n) is 17.1. The summed E-state index contributed by atoms with van der Waals surface area (Å²) in [7, 11) is 0. The van der Waals surface area contributed by atoms with Gasteiger partial charge in [0.1, 0.15) is 13.2 Å². The summed E-state index contributed by atoms with van der Waals surface area (Å²) in [5.41, 5.74) is 0. The number of benzene rings is 1. The van der Waals surface area contributed by atoms with Crippen molar-refractivity contribution in [3.8, 4) is 11.5 Å². The molecule has 0 unspecified atom stereocenters. The zero-order valence-corrected chi connectivity index (χ0v) is 17.1. The maximum atomic E-state index is 5.77. The molecule has 1 aromatic carbocycles. The second-order valence-electron chi connectivity index (χ2n) is 6.71. The highest BCUT2D eigenvalue weighted by Crippen LogP contribution is 2.26.